The Bertz CT molecular complexity index is 821. The van der Waals surface area contributed by atoms with Crippen molar-refractivity contribution in [1.82, 2.24) is 30.2 Å². The SMILES string of the molecule is CCC[C@H](C(=O)O)[C@H](Cc1cnc(N(C)C)nc1)c1nnnn1COCC[Si](C)(C)C. The molecule has 0 unspecified atom stereocenters. The second kappa shape index (κ2) is 11.3. The van der Waals surface area contributed by atoms with Crippen molar-refractivity contribution < 1.29 is 14.6 Å². The van der Waals surface area contributed by atoms with Crippen LogP contribution in [0, 0.1) is 5.92 Å². The molecule has 11 heteroatoms. The first-order valence-electron chi connectivity index (χ1n) is 10.7. The summed E-state index contributed by atoms with van der Waals surface area (Å²) < 4.78 is 7.39. The van der Waals surface area contributed by atoms with Crippen LogP contribution in [-0.2, 0) is 22.7 Å². The van der Waals surface area contributed by atoms with E-state index in [1.165, 1.54) is 0 Å². The molecule has 0 aromatic carbocycles. The van der Waals surface area contributed by atoms with Gasteiger partial charge in [0, 0.05) is 47.1 Å². The number of ether oxygens (including phenoxy) is 1. The number of aromatic nitrogens is 6. The monoisotopic (exact) mass is 449 g/mol. The maximum absolute atomic E-state index is 12.1. The smallest absolute Gasteiger partial charge is 0.307 e. The second-order valence-electron chi connectivity index (χ2n) is 9.21. The fourth-order valence-electron chi connectivity index (χ4n) is 3.26. The van der Waals surface area contributed by atoms with E-state index >= 15 is 0 Å². The average molecular weight is 450 g/mol. The Morgan fingerprint density at radius 3 is 2.48 bits per heavy atom. The standard InChI is InChI=1S/C20H35N7O3Si/c1-7-8-16(19(28)29)17(11-15-12-21-20(22-13-15)26(2)3)18-23-24-25-27(18)14-30-9-10-31(4,5)6/h12-13,16-17H,7-11,14H2,1-6H3,(H,28,29)/t16-,17-/m0/s1. The first-order valence-corrected chi connectivity index (χ1v) is 14.4. The molecule has 0 aliphatic carbocycles. The number of carboxylic acids is 1. The largest absolute Gasteiger partial charge is 0.481 e. The van der Waals surface area contributed by atoms with E-state index in [9.17, 15) is 9.90 Å². The molecule has 2 aromatic heterocycles. The predicted octanol–water partition coefficient (Wildman–Crippen LogP) is 2.67. The van der Waals surface area contributed by atoms with Gasteiger partial charge in [-0.15, -0.1) is 5.10 Å². The van der Waals surface area contributed by atoms with Crippen LogP contribution in [-0.4, -0.2) is 70.0 Å². The van der Waals surface area contributed by atoms with E-state index in [2.05, 4.69) is 45.1 Å². The number of anilines is 1. The zero-order chi connectivity index (χ0) is 23.0. The molecule has 0 fully saturated rings. The predicted molar refractivity (Wildman–Crippen MR) is 121 cm³/mol. The lowest BCUT2D eigenvalue weighted by Crippen LogP contribution is -2.27. The van der Waals surface area contributed by atoms with Crippen LogP contribution in [0.4, 0.5) is 5.95 Å². The molecule has 2 rings (SSSR count). The number of rotatable bonds is 13. The van der Waals surface area contributed by atoms with Gasteiger partial charge in [0.15, 0.2) is 5.82 Å². The molecule has 2 atom stereocenters. The van der Waals surface area contributed by atoms with E-state index < -0.39 is 25.9 Å². The van der Waals surface area contributed by atoms with Crippen molar-refractivity contribution in [1.29, 1.82) is 0 Å². The fraction of sp³-hybridized carbons (Fsp3) is 0.700. The molecule has 0 bridgehead atoms. The van der Waals surface area contributed by atoms with E-state index in [0.717, 1.165) is 18.0 Å². The zero-order valence-electron chi connectivity index (χ0n) is 19.4. The minimum absolute atomic E-state index is 0.206. The minimum Gasteiger partial charge on any atom is -0.481 e. The molecule has 10 nitrogen and oxygen atoms in total. The van der Waals surface area contributed by atoms with Crippen LogP contribution in [0.2, 0.25) is 25.7 Å². The summed E-state index contributed by atoms with van der Waals surface area (Å²) in [5.41, 5.74) is 0.840. The first kappa shape index (κ1) is 24.9. The average Bonchev–Trinajstić information content (AvgIpc) is 3.15. The third kappa shape index (κ3) is 7.66. The van der Waals surface area contributed by atoms with Crippen LogP contribution in [0.15, 0.2) is 12.4 Å². The van der Waals surface area contributed by atoms with Crippen LogP contribution in [0.3, 0.4) is 0 Å². The van der Waals surface area contributed by atoms with Crippen LogP contribution in [0.5, 0.6) is 0 Å². The summed E-state index contributed by atoms with van der Waals surface area (Å²) in [4.78, 5) is 22.6. The van der Waals surface area contributed by atoms with Crippen molar-refractivity contribution in [2.75, 3.05) is 25.6 Å². The van der Waals surface area contributed by atoms with E-state index in [1.807, 2.05) is 25.9 Å². The highest BCUT2D eigenvalue weighted by atomic mass is 28.3. The molecule has 1 N–H and O–H groups in total. The molecule has 0 saturated carbocycles. The van der Waals surface area contributed by atoms with Crippen LogP contribution in [0.25, 0.3) is 0 Å². The van der Waals surface area contributed by atoms with Gasteiger partial charge < -0.3 is 14.7 Å². The van der Waals surface area contributed by atoms with Gasteiger partial charge >= 0.3 is 5.97 Å². The van der Waals surface area contributed by atoms with Crippen molar-refractivity contribution in [2.45, 2.75) is 64.5 Å². The highest BCUT2D eigenvalue weighted by Gasteiger charge is 2.33. The lowest BCUT2D eigenvalue weighted by molar-refractivity contribution is -0.143. The highest BCUT2D eigenvalue weighted by molar-refractivity contribution is 6.76. The summed E-state index contributed by atoms with van der Waals surface area (Å²) in [6.45, 7) is 9.70. The normalized spacial score (nSPS) is 13.7. The summed E-state index contributed by atoms with van der Waals surface area (Å²) in [5, 5.41) is 22.0. The summed E-state index contributed by atoms with van der Waals surface area (Å²) in [5.74, 6) is -0.770. The van der Waals surface area contributed by atoms with Crippen molar-refractivity contribution >= 4 is 20.0 Å². The van der Waals surface area contributed by atoms with Gasteiger partial charge in [0.1, 0.15) is 6.73 Å². The molecule has 0 amide bonds. The van der Waals surface area contributed by atoms with E-state index in [1.54, 1.807) is 17.1 Å². The molecule has 2 aromatic rings. The van der Waals surface area contributed by atoms with Crippen molar-refractivity contribution in [3.63, 3.8) is 0 Å². The van der Waals surface area contributed by atoms with Gasteiger partial charge in [-0.1, -0.05) is 33.0 Å². The van der Waals surface area contributed by atoms with Crippen LogP contribution >= 0.6 is 0 Å². The van der Waals surface area contributed by atoms with Gasteiger partial charge in [0.2, 0.25) is 5.95 Å². The van der Waals surface area contributed by atoms with E-state index in [4.69, 9.17) is 4.74 Å². The number of nitrogens with zero attached hydrogens (tertiary/aromatic N) is 7. The number of aliphatic carboxylic acids is 1. The van der Waals surface area contributed by atoms with Gasteiger partial charge in [0.05, 0.1) is 5.92 Å². The Morgan fingerprint density at radius 2 is 1.94 bits per heavy atom. The lowest BCUT2D eigenvalue weighted by atomic mass is 9.84. The fourth-order valence-corrected chi connectivity index (χ4v) is 4.01. The molecule has 31 heavy (non-hydrogen) atoms. The number of hydrogen-bond donors (Lipinski definition) is 1. The molecule has 0 saturated heterocycles. The Kier molecular flexibility index (Phi) is 9.05. The topological polar surface area (TPSA) is 119 Å². The molecule has 0 radical (unpaired) electrons. The Morgan fingerprint density at radius 1 is 1.26 bits per heavy atom. The van der Waals surface area contributed by atoms with Crippen molar-refractivity contribution in [2.24, 2.45) is 5.92 Å². The van der Waals surface area contributed by atoms with Gasteiger partial charge in [0.25, 0.3) is 0 Å². The molecular formula is C20H35N7O3Si. The van der Waals surface area contributed by atoms with Crippen molar-refractivity contribution in [3.05, 3.63) is 23.8 Å². The Balaban J connectivity index is 2.25. The Hall–Kier alpha value is -2.40. The molecule has 2 heterocycles. The summed E-state index contributed by atoms with van der Waals surface area (Å²) in [6, 6.07) is 1.04. The Labute approximate surface area is 185 Å². The summed E-state index contributed by atoms with van der Waals surface area (Å²) in [6.07, 6.45) is 5.18. The van der Waals surface area contributed by atoms with Gasteiger partial charge in [-0.25, -0.2) is 14.6 Å². The first-order chi connectivity index (χ1) is 14.6. The second-order valence-corrected chi connectivity index (χ2v) is 14.8. The third-order valence-corrected chi connectivity index (χ3v) is 6.76. The zero-order valence-corrected chi connectivity index (χ0v) is 20.4. The number of hydrogen-bond acceptors (Lipinski definition) is 8. The maximum Gasteiger partial charge on any atom is 0.307 e. The van der Waals surface area contributed by atoms with E-state index in [-0.39, 0.29) is 6.73 Å². The number of carbonyl (C=O) groups is 1. The molecule has 0 spiro atoms. The summed E-state index contributed by atoms with van der Waals surface area (Å²) >= 11 is 0. The quantitative estimate of drug-likeness (QED) is 0.363. The van der Waals surface area contributed by atoms with Crippen LogP contribution in [0.1, 0.15) is 37.1 Å². The van der Waals surface area contributed by atoms with Gasteiger partial charge in [-0.3, -0.25) is 4.79 Å². The van der Waals surface area contributed by atoms with Gasteiger partial charge in [-0.2, -0.15) is 0 Å². The lowest BCUT2D eigenvalue weighted by Gasteiger charge is -2.23. The number of carboxylic acid groups (broad SMARTS) is 1. The highest BCUT2D eigenvalue weighted by Crippen LogP contribution is 2.31. The summed E-state index contributed by atoms with van der Waals surface area (Å²) in [7, 11) is 2.54. The van der Waals surface area contributed by atoms with Crippen molar-refractivity contribution in [3.8, 4) is 0 Å². The molecular weight excluding hydrogens is 414 g/mol. The van der Waals surface area contributed by atoms with E-state index in [0.29, 0.717) is 31.2 Å². The molecule has 172 valence electrons. The number of tetrazole rings is 1. The molecule has 0 aliphatic rings. The minimum atomic E-state index is -1.20. The molecule has 0 aliphatic heterocycles. The maximum atomic E-state index is 12.1. The third-order valence-electron chi connectivity index (χ3n) is 5.05. The van der Waals surface area contributed by atoms with Crippen LogP contribution < -0.4 is 4.90 Å². The van der Waals surface area contributed by atoms with Gasteiger partial charge in [-0.05, 0) is 34.9 Å².